The Balaban J connectivity index is 1.07. The van der Waals surface area contributed by atoms with Crippen molar-refractivity contribution < 1.29 is 0 Å². The predicted molar refractivity (Wildman–Crippen MR) is 244 cm³/mol. The minimum atomic E-state index is -0.439. The van der Waals surface area contributed by atoms with Crippen LogP contribution < -0.4 is 4.90 Å². The summed E-state index contributed by atoms with van der Waals surface area (Å²) in [6, 6.07) is 86.8. The third kappa shape index (κ3) is 5.39. The van der Waals surface area contributed by atoms with Gasteiger partial charge in [-0.1, -0.05) is 200 Å². The molecular weight excluding hydrogens is 699 g/mol. The van der Waals surface area contributed by atoms with Crippen molar-refractivity contribution in [3.63, 3.8) is 0 Å². The van der Waals surface area contributed by atoms with Crippen molar-refractivity contribution in [1.82, 2.24) is 0 Å². The summed E-state index contributed by atoms with van der Waals surface area (Å²) in [6.07, 6.45) is 0. The van der Waals surface area contributed by atoms with Gasteiger partial charge in [-0.2, -0.15) is 0 Å². The molecule has 272 valence electrons. The van der Waals surface area contributed by atoms with Gasteiger partial charge in [-0.15, -0.1) is 0 Å². The molecule has 0 radical (unpaired) electrons. The number of benzene rings is 10. The lowest BCUT2D eigenvalue weighted by Crippen LogP contribution is -2.28. The van der Waals surface area contributed by atoms with Crippen LogP contribution in [0.15, 0.2) is 237 Å². The molecule has 0 aromatic heterocycles. The lowest BCUT2D eigenvalue weighted by Gasteiger charge is -2.34. The van der Waals surface area contributed by atoms with Crippen LogP contribution in [0.25, 0.3) is 54.9 Å². The summed E-state index contributed by atoms with van der Waals surface area (Å²) in [5, 5.41) is 4.91. The lowest BCUT2D eigenvalue weighted by molar-refractivity contribution is 0.768. The fourth-order valence-corrected chi connectivity index (χ4v) is 9.55. The molecule has 0 bridgehead atoms. The van der Waals surface area contributed by atoms with E-state index >= 15 is 0 Å². The van der Waals surface area contributed by atoms with E-state index in [-0.39, 0.29) is 0 Å². The third-order valence-corrected chi connectivity index (χ3v) is 12.1. The molecule has 11 rings (SSSR count). The number of fused-ring (bicyclic) bond motifs is 5. The van der Waals surface area contributed by atoms with Gasteiger partial charge < -0.3 is 4.90 Å². The third-order valence-electron chi connectivity index (χ3n) is 12.1. The molecule has 0 atom stereocenters. The Hall–Kier alpha value is -7.48. The maximum absolute atomic E-state index is 2.41. The Bertz CT molecular complexity index is 3060. The van der Waals surface area contributed by atoms with Gasteiger partial charge >= 0.3 is 0 Å². The minimum absolute atomic E-state index is 0.439. The summed E-state index contributed by atoms with van der Waals surface area (Å²) in [6.45, 7) is 0. The topological polar surface area (TPSA) is 3.24 Å². The second-order valence-corrected chi connectivity index (χ2v) is 15.2. The van der Waals surface area contributed by atoms with E-state index in [1.807, 2.05) is 0 Å². The van der Waals surface area contributed by atoms with Gasteiger partial charge in [0.1, 0.15) is 0 Å². The molecule has 0 amide bonds. The fourth-order valence-electron chi connectivity index (χ4n) is 9.55. The van der Waals surface area contributed by atoms with Gasteiger partial charge in [-0.3, -0.25) is 0 Å². The first kappa shape index (κ1) is 33.8. The zero-order valence-corrected chi connectivity index (χ0v) is 32.0. The molecule has 10 aromatic rings. The first-order chi connectivity index (χ1) is 28.8. The van der Waals surface area contributed by atoms with E-state index in [4.69, 9.17) is 0 Å². The highest BCUT2D eigenvalue weighted by atomic mass is 15.1. The van der Waals surface area contributed by atoms with Gasteiger partial charge in [-0.25, -0.2) is 0 Å². The van der Waals surface area contributed by atoms with Crippen molar-refractivity contribution in [2.45, 2.75) is 5.41 Å². The Kier molecular flexibility index (Phi) is 8.12. The summed E-state index contributed by atoms with van der Waals surface area (Å²) in [5.74, 6) is 0. The maximum atomic E-state index is 2.41. The van der Waals surface area contributed by atoms with Crippen LogP contribution in [-0.4, -0.2) is 0 Å². The quantitative estimate of drug-likeness (QED) is 0.157. The van der Waals surface area contributed by atoms with Crippen molar-refractivity contribution in [1.29, 1.82) is 0 Å². The largest absolute Gasteiger partial charge is 0.310 e. The first-order valence-electron chi connectivity index (χ1n) is 20.1. The summed E-state index contributed by atoms with van der Waals surface area (Å²) in [7, 11) is 0. The lowest BCUT2D eigenvalue weighted by atomic mass is 9.67. The van der Waals surface area contributed by atoms with E-state index in [2.05, 4.69) is 241 Å². The molecule has 0 heterocycles. The van der Waals surface area contributed by atoms with E-state index in [9.17, 15) is 0 Å². The number of anilines is 3. The summed E-state index contributed by atoms with van der Waals surface area (Å²) >= 11 is 0. The Morgan fingerprint density at radius 2 is 0.879 bits per heavy atom. The van der Waals surface area contributed by atoms with Crippen LogP contribution in [-0.2, 0) is 5.41 Å². The van der Waals surface area contributed by atoms with Gasteiger partial charge in [0, 0.05) is 16.8 Å². The molecule has 58 heavy (non-hydrogen) atoms. The molecule has 0 saturated carbocycles. The molecule has 1 heteroatoms. The van der Waals surface area contributed by atoms with Crippen molar-refractivity contribution in [3.8, 4) is 33.4 Å². The van der Waals surface area contributed by atoms with Crippen molar-refractivity contribution in [2.75, 3.05) is 4.90 Å². The normalized spacial score (nSPS) is 12.6. The molecule has 1 nitrogen and oxygen atoms in total. The highest BCUT2D eigenvalue weighted by molar-refractivity contribution is 6.00. The second kappa shape index (κ2) is 13.9. The molecule has 1 aliphatic rings. The molecule has 0 spiro atoms. The number of hydrogen-bond donors (Lipinski definition) is 0. The van der Waals surface area contributed by atoms with Crippen LogP contribution in [0, 0.1) is 0 Å². The highest BCUT2D eigenvalue weighted by Crippen LogP contribution is 2.58. The Morgan fingerprint density at radius 3 is 1.67 bits per heavy atom. The molecule has 10 aromatic carbocycles. The van der Waals surface area contributed by atoms with Crippen LogP contribution in [0.3, 0.4) is 0 Å². The van der Waals surface area contributed by atoms with Crippen LogP contribution in [0.2, 0.25) is 0 Å². The van der Waals surface area contributed by atoms with Gasteiger partial charge in [0.25, 0.3) is 0 Å². The van der Waals surface area contributed by atoms with Crippen LogP contribution >= 0.6 is 0 Å². The van der Waals surface area contributed by atoms with Crippen molar-refractivity contribution in [2.24, 2.45) is 0 Å². The van der Waals surface area contributed by atoms with Gasteiger partial charge in [0.05, 0.1) is 11.1 Å². The SMILES string of the molecule is c1ccc(C2(c3ccccc3)c3ccccc3-c3c(-c4ccc(N(c5cccc(-c6ccc7ccccc7c6)c5)c5cccc6ccccc56)cc4)cccc32)cc1. The molecule has 0 N–H and O–H groups in total. The monoisotopic (exact) mass is 737 g/mol. The van der Waals surface area contributed by atoms with Crippen molar-refractivity contribution in [3.05, 3.63) is 259 Å². The molecule has 0 unspecified atom stereocenters. The predicted octanol–water partition coefficient (Wildman–Crippen LogP) is 15.2. The van der Waals surface area contributed by atoms with E-state index < -0.39 is 5.41 Å². The Labute approximate surface area is 339 Å². The van der Waals surface area contributed by atoms with Crippen molar-refractivity contribution >= 4 is 38.6 Å². The molecular formula is C57H39N. The van der Waals surface area contributed by atoms with Gasteiger partial charge in [-0.05, 0) is 108 Å². The fraction of sp³-hybridized carbons (Fsp3) is 0.0175. The van der Waals surface area contributed by atoms with Crippen LogP contribution in [0.4, 0.5) is 17.1 Å². The highest BCUT2D eigenvalue weighted by Gasteiger charge is 2.46. The number of hydrogen-bond acceptors (Lipinski definition) is 1. The van der Waals surface area contributed by atoms with E-state index in [0.717, 1.165) is 17.1 Å². The smallest absolute Gasteiger partial charge is 0.0713 e. The molecule has 0 aliphatic heterocycles. The average Bonchev–Trinajstić information content (AvgIpc) is 3.61. The zero-order valence-electron chi connectivity index (χ0n) is 32.0. The molecule has 0 saturated heterocycles. The summed E-state index contributed by atoms with van der Waals surface area (Å²) < 4.78 is 0. The minimum Gasteiger partial charge on any atom is -0.310 e. The van der Waals surface area contributed by atoms with E-state index in [0.29, 0.717) is 0 Å². The second-order valence-electron chi connectivity index (χ2n) is 15.2. The van der Waals surface area contributed by atoms with Gasteiger partial charge in [0.2, 0.25) is 0 Å². The average molecular weight is 738 g/mol. The molecule has 1 aliphatic carbocycles. The van der Waals surface area contributed by atoms with Crippen LogP contribution in [0.5, 0.6) is 0 Å². The maximum Gasteiger partial charge on any atom is 0.0713 e. The Morgan fingerprint density at radius 1 is 0.310 bits per heavy atom. The number of rotatable bonds is 7. The molecule has 0 fully saturated rings. The van der Waals surface area contributed by atoms with Crippen LogP contribution in [0.1, 0.15) is 22.3 Å². The van der Waals surface area contributed by atoms with E-state index in [1.54, 1.807) is 0 Å². The standard InChI is InChI=1S/C57H39N/c1-3-21-46(22-4-1)57(47-23-5-2-6-24-47)53-29-12-11-27-52(53)56-51(28-15-30-54(56)57)42-34-36-48(37-35-42)58(55-31-14-19-41-17-9-10-26-50(41)55)49-25-13-20-44(39-49)45-33-32-40-16-7-8-18-43(40)38-45/h1-39H. The number of nitrogens with zero attached hydrogens (tertiary/aromatic N) is 1. The van der Waals surface area contributed by atoms with Gasteiger partial charge in [0.15, 0.2) is 0 Å². The summed E-state index contributed by atoms with van der Waals surface area (Å²) in [5.41, 5.74) is 15.5. The summed E-state index contributed by atoms with van der Waals surface area (Å²) in [4.78, 5) is 2.41. The first-order valence-corrected chi connectivity index (χ1v) is 20.1. The van der Waals surface area contributed by atoms with E-state index in [1.165, 1.54) is 77.2 Å². The zero-order chi connectivity index (χ0) is 38.5.